The lowest BCUT2D eigenvalue weighted by Gasteiger charge is -2.35. The van der Waals surface area contributed by atoms with E-state index in [4.69, 9.17) is 0 Å². The van der Waals surface area contributed by atoms with Gasteiger partial charge in [-0.05, 0) is 30.2 Å². The van der Waals surface area contributed by atoms with Crippen LogP contribution in [0.5, 0.6) is 0 Å². The van der Waals surface area contributed by atoms with Gasteiger partial charge in [0.1, 0.15) is 0 Å². The lowest BCUT2D eigenvalue weighted by Crippen LogP contribution is -2.49. The van der Waals surface area contributed by atoms with Gasteiger partial charge in [-0.1, -0.05) is 54.6 Å². The number of aromatic nitrogens is 2. The van der Waals surface area contributed by atoms with Gasteiger partial charge in [0, 0.05) is 31.7 Å². The molecule has 2 aromatic carbocycles. The van der Waals surface area contributed by atoms with Crippen molar-refractivity contribution < 1.29 is 4.79 Å². The van der Waals surface area contributed by atoms with Crippen molar-refractivity contribution in [3.05, 3.63) is 77.9 Å². The average molecular weight is 372 g/mol. The number of nitrogens with zero attached hydrogens (tertiary/aromatic N) is 4. The summed E-state index contributed by atoms with van der Waals surface area (Å²) in [6, 6.07) is 22.2. The number of rotatable bonds is 4. The monoisotopic (exact) mass is 372 g/mol. The number of carbonyl (C=O) groups is 1. The summed E-state index contributed by atoms with van der Waals surface area (Å²) < 4.78 is 0. The van der Waals surface area contributed by atoms with Gasteiger partial charge in [0.2, 0.25) is 5.91 Å². The Morgan fingerprint density at radius 2 is 1.57 bits per heavy atom. The maximum Gasteiger partial charge on any atom is 0.227 e. The number of hydrogen-bond acceptors (Lipinski definition) is 4. The highest BCUT2D eigenvalue weighted by Gasteiger charge is 2.22. The predicted octanol–water partition coefficient (Wildman–Crippen LogP) is 3.34. The molecule has 0 saturated carbocycles. The highest BCUT2D eigenvalue weighted by molar-refractivity contribution is 5.79. The van der Waals surface area contributed by atoms with Gasteiger partial charge in [0.15, 0.2) is 5.82 Å². The van der Waals surface area contributed by atoms with Gasteiger partial charge in [0.05, 0.1) is 12.1 Å². The molecule has 1 saturated heterocycles. The van der Waals surface area contributed by atoms with Crippen molar-refractivity contribution in [3.8, 4) is 11.3 Å². The fourth-order valence-electron chi connectivity index (χ4n) is 3.52. The van der Waals surface area contributed by atoms with Crippen LogP contribution in [0.2, 0.25) is 0 Å². The Balaban J connectivity index is 1.35. The topological polar surface area (TPSA) is 49.3 Å². The molecule has 3 aromatic rings. The largest absolute Gasteiger partial charge is 0.352 e. The van der Waals surface area contributed by atoms with E-state index in [1.807, 2.05) is 65.6 Å². The molecule has 0 unspecified atom stereocenters. The van der Waals surface area contributed by atoms with Crippen LogP contribution < -0.4 is 4.90 Å². The minimum absolute atomic E-state index is 0.194. The van der Waals surface area contributed by atoms with E-state index in [1.54, 1.807) is 0 Å². The first kappa shape index (κ1) is 18.2. The standard InChI is InChI=1S/C23H24N4O/c1-18-7-5-6-10-20(18)17-23(28)27-15-13-26(14-16-27)22-12-11-21(24-25-22)19-8-3-2-4-9-19/h2-12H,13-17H2,1H3. The highest BCUT2D eigenvalue weighted by atomic mass is 16.2. The van der Waals surface area contributed by atoms with E-state index < -0.39 is 0 Å². The maximum atomic E-state index is 12.6. The van der Waals surface area contributed by atoms with Gasteiger partial charge in [0.25, 0.3) is 0 Å². The summed E-state index contributed by atoms with van der Waals surface area (Å²) in [4.78, 5) is 16.8. The Kier molecular flexibility index (Phi) is 5.33. The molecule has 0 N–H and O–H groups in total. The van der Waals surface area contributed by atoms with E-state index in [0.717, 1.165) is 35.7 Å². The second-order valence-electron chi connectivity index (χ2n) is 7.11. The summed E-state index contributed by atoms with van der Waals surface area (Å²) in [7, 11) is 0. The van der Waals surface area contributed by atoms with Crippen LogP contribution in [-0.4, -0.2) is 47.2 Å². The van der Waals surface area contributed by atoms with Crippen molar-refractivity contribution in [2.75, 3.05) is 31.1 Å². The van der Waals surface area contributed by atoms with Crippen molar-refractivity contribution in [2.24, 2.45) is 0 Å². The van der Waals surface area contributed by atoms with Crippen LogP contribution in [-0.2, 0) is 11.2 Å². The molecule has 0 atom stereocenters. The molecule has 0 spiro atoms. The van der Waals surface area contributed by atoms with E-state index in [1.165, 1.54) is 5.56 Å². The third-order valence-corrected chi connectivity index (χ3v) is 5.28. The highest BCUT2D eigenvalue weighted by Crippen LogP contribution is 2.19. The molecule has 5 nitrogen and oxygen atoms in total. The van der Waals surface area contributed by atoms with E-state index in [2.05, 4.69) is 28.1 Å². The third kappa shape index (κ3) is 4.03. The smallest absolute Gasteiger partial charge is 0.227 e. The molecule has 1 amide bonds. The van der Waals surface area contributed by atoms with Crippen LogP contribution >= 0.6 is 0 Å². The van der Waals surface area contributed by atoms with Gasteiger partial charge in [-0.25, -0.2) is 0 Å². The predicted molar refractivity (Wildman–Crippen MR) is 111 cm³/mol. The number of piperazine rings is 1. The average Bonchev–Trinajstić information content (AvgIpc) is 2.76. The van der Waals surface area contributed by atoms with E-state index in [0.29, 0.717) is 19.5 Å². The van der Waals surface area contributed by atoms with Crippen molar-refractivity contribution in [2.45, 2.75) is 13.3 Å². The van der Waals surface area contributed by atoms with Gasteiger partial charge in [-0.2, -0.15) is 0 Å². The molecule has 1 fully saturated rings. The van der Waals surface area contributed by atoms with Gasteiger partial charge in [-0.3, -0.25) is 4.79 Å². The molecular formula is C23H24N4O. The summed E-state index contributed by atoms with van der Waals surface area (Å²) in [5.74, 6) is 1.06. The van der Waals surface area contributed by atoms with Crippen LogP contribution in [0.1, 0.15) is 11.1 Å². The number of benzene rings is 2. The second-order valence-corrected chi connectivity index (χ2v) is 7.11. The minimum Gasteiger partial charge on any atom is -0.352 e. The Morgan fingerprint density at radius 1 is 0.857 bits per heavy atom. The quantitative estimate of drug-likeness (QED) is 0.705. The number of hydrogen-bond donors (Lipinski definition) is 0. The molecule has 0 bridgehead atoms. The van der Waals surface area contributed by atoms with Crippen LogP contribution in [0, 0.1) is 6.92 Å². The zero-order valence-electron chi connectivity index (χ0n) is 16.1. The molecule has 1 aliphatic rings. The fourth-order valence-corrected chi connectivity index (χ4v) is 3.52. The number of carbonyl (C=O) groups excluding carboxylic acids is 1. The minimum atomic E-state index is 0.194. The zero-order chi connectivity index (χ0) is 19.3. The van der Waals surface area contributed by atoms with Crippen molar-refractivity contribution >= 4 is 11.7 Å². The Bertz CT molecular complexity index is 932. The van der Waals surface area contributed by atoms with Crippen LogP contribution in [0.3, 0.4) is 0 Å². The van der Waals surface area contributed by atoms with Gasteiger partial charge in [-0.15, -0.1) is 10.2 Å². The van der Waals surface area contributed by atoms with Crippen molar-refractivity contribution in [1.29, 1.82) is 0 Å². The van der Waals surface area contributed by atoms with Crippen molar-refractivity contribution in [1.82, 2.24) is 15.1 Å². The molecule has 28 heavy (non-hydrogen) atoms. The molecule has 0 radical (unpaired) electrons. The van der Waals surface area contributed by atoms with E-state index in [-0.39, 0.29) is 5.91 Å². The molecule has 1 aromatic heterocycles. The lowest BCUT2D eigenvalue weighted by atomic mass is 10.1. The maximum absolute atomic E-state index is 12.6. The molecule has 142 valence electrons. The summed E-state index contributed by atoms with van der Waals surface area (Å²) in [6.45, 7) is 5.04. The molecule has 2 heterocycles. The normalized spacial score (nSPS) is 14.2. The third-order valence-electron chi connectivity index (χ3n) is 5.28. The molecule has 4 rings (SSSR count). The first-order chi connectivity index (χ1) is 13.7. The molecule has 5 heteroatoms. The van der Waals surface area contributed by atoms with Crippen molar-refractivity contribution in [3.63, 3.8) is 0 Å². The molecule has 0 aliphatic carbocycles. The van der Waals surface area contributed by atoms with Crippen LogP contribution in [0.25, 0.3) is 11.3 Å². The number of aryl methyl sites for hydroxylation is 1. The summed E-state index contributed by atoms with van der Waals surface area (Å²) >= 11 is 0. The molecule has 1 aliphatic heterocycles. The second kappa shape index (κ2) is 8.21. The first-order valence-electron chi connectivity index (χ1n) is 9.67. The van der Waals surface area contributed by atoms with Gasteiger partial charge >= 0.3 is 0 Å². The molecular weight excluding hydrogens is 348 g/mol. The number of amides is 1. The van der Waals surface area contributed by atoms with E-state index in [9.17, 15) is 4.79 Å². The Morgan fingerprint density at radius 3 is 2.25 bits per heavy atom. The summed E-state index contributed by atoms with van der Waals surface area (Å²) in [6.07, 6.45) is 0.470. The van der Waals surface area contributed by atoms with Gasteiger partial charge < -0.3 is 9.80 Å². The fraction of sp³-hybridized carbons (Fsp3) is 0.261. The SMILES string of the molecule is Cc1ccccc1CC(=O)N1CCN(c2ccc(-c3ccccc3)nn2)CC1. The lowest BCUT2D eigenvalue weighted by molar-refractivity contribution is -0.130. The van der Waals surface area contributed by atoms with E-state index >= 15 is 0 Å². The van der Waals surface area contributed by atoms with Crippen LogP contribution in [0.15, 0.2) is 66.7 Å². The summed E-state index contributed by atoms with van der Waals surface area (Å²) in [5.41, 5.74) is 4.21. The Labute approximate surface area is 165 Å². The summed E-state index contributed by atoms with van der Waals surface area (Å²) in [5, 5.41) is 8.77. The number of anilines is 1. The zero-order valence-corrected chi connectivity index (χ0v) is 16.1. The first-order valence-corrected chi connectivity index (χ1v) is 9.67. The Hall–Kier alpha value is -3.21. The van der Waals surface area contributed by atoms with Crippen LogP contribution in [0.4, 0.5) is 5.82 Å².